The van der Waals surface area contributed by atoms with Gasteiger partial charge in [-0.2, -0.15) is 5.10 Å². The Hall–Kier alpha value is -3.15. The molecule has 134 valence electrons. The molecule has 0 aliphatic carbocycles. The van der Waals surface area contributed by atoms with E-state index in [0.29, 0.717) is 17.0 Å². The summed E-state index contributed by atoms with van der Waals surface area (Å²) in [5.41, 5.74) is 2.75. The summed E-state index contributed by atoms with van der Waals surface area (Å²) >= 11 is 0. The molecule has 6 heteroatoms. The third-order valence-electron chi connectivity index (χ3n) is 4.16. The predicted octanol–water partition coefficient (Wildman–Crippen LogP) is 3.87. The van der Waals surface area contributed by atoms with Crippen LogP contribution in [0.2, 0.25) is 0 Å². The van der Waals surface area contributed by atoms with E-state index in [2.05, 4.69) is 29.4 Å². The van der Waals surface area contributed by atoms with Crippen LogP contribution in [0, 0.1) is 0 Å². The monoisotopic (exact) mass is 351 g/mol. The number of para-hydroxylation sites is 1. The Kier molecular flexibility index (Phi) is 5.02. The maximum Gasteiger partial charge on any atom is 0.360 e. The number of hydrogen-bond acceptors (Lipinski definition) is 4. The topological polar surface area (TPSA) is 84.1 Å². The Morgan fingerprint density at radius 1 is 1.04 bits per heavy atom. The molecule has 1 amide bonds. The fourth-order valence-corrected chi connectivity index (χ4v) is 2.58. The summed E-state index contributed by atoms with van der Waals surface area (Å²) in [6, 6.07) is 14.8. The first-order valence-electron chi connectivity index (χ1n) is 8.50. The van der Waals surface area contributed by atoms with Gasteiger partial charge in [-0.3, -0.25) is 9.89 Å². The molecule has 2 aromatic carbocycles. The summed E-state index contributed by atoms with van der Waals surface area (Å²) in [6.07, 6.45) is -0.942. The minimum Gasteiger partial charge on any atom is -0.448 e. The molecular formula is C20H21N3O3. The van der Waals surface area contributed by atoms with E-state index in [9.17, 15) is 9.59 Å². The third-order valence-corrected chi connectivity index (χ3v) is 4.16. The molecule has 0 saturated carbocycles. The van der Waals surface area contributed by atoms with Crippen molar-refractivity contribution in [1.82, 2.24) is 10.2 Å². The molecule has 26 heavy (non-hydrogen) atoms. The second-order valence-electron chi connectivity index (χ2n) is 6.43. The number of H-pyrrole nitrogens is 1. The van der Waals surface area contributed by atoms with E-state index < -0.39 is 18.0 Å². The quantitative estimate of drug-likeness (QED) is 0.684. The van der Waals surface area contributed by atoms with E-state index in [1.807, 2.05) is 42.5 Å². The fraction of sp³-hybridized carbons (Fsp3) is 0.250. The van der Waals surface area contributed by atoms with Crippen LogP contribution in [0.3, 0.4) is 0 Å². The third kappa shape index (κ3) is 3.74. The summed E-state index contributed by atoms with van der Waals surface area (Å²) in [5.74, 6) is -0.612. The van der Waals surface area contributed by atoms with Gasteiger partial charge in [0.1, 0.15) is 0 Å². The van der Waals surface area contributed by atoms with Crippen molar-refractivity contribution in [3.63, 3.8) is 0 Å². The summed E-state index contributed by atoms with van der Waals surface area (Å²) in [5, 5.41) is 10.2. The van der Waals surface area contributed by atoms with Gasteiger partial charge in [0, 0.05) is 11.1 Å². The molecule has 1 heterocycles. The van der Waals surface area contributed by atoms with Crippen LogP contribution in [0.1, 0.15) is 42.7 Å². The van der Waals surface area contributed by atoms with Crippen molar-refractivity contribution in [2.24, 2.45) is 0 Å². The standard InChI is InChI=1S/C20H21N3O3/c1-12(2)14-8-10-15(11-9-14)21-19(24)13(3)26-20(25)18-16-6-4-5-7-17(16)22-23-18/h4-13H,1-3H3,(H,21,24)(H,22,23)/t13-/m1/s1. The van der Waals surface area contributed by atoms with Gasteiger partial charge in [-0.15, -0.1) is 0 Å². The van der Waals surface area contributed by atoms with Crippen LogP contribution >= 0.6 is 0 Å². The Morgan fingerprint density at radius 3 is 2.42 bits per heavy atom. The summed E-state index contributed by atoms with van der Waals surface area (Å²) in [7, 11) is 0. The number of hydrogen-bond donors (Lipinski definition) is 2. The molecule has 2 N–H and O–H groups in total. The highest BCUT2D eigenvalue weighted by molar-refractivity contribution is 6.03. The van der Waals surface area contributed by atoms with Gasteiger partial charge in [0.15, 0.2) is 11.8 Å². The van der Waals surface area contributed by atoms with Gasteiger partial charge in [0.25, 0.3) is 5.91 Å². The van der Waals surface area contributed by atoms with Crippen molar-refractivity contribution in [1.29, 1.82) is 0 Å². The van der Waals surface area contributed by atoms with Crippen LogP contribution in [-0.2, 0) is 9.53 Å². The highest BCUT2D eigenvalue weighted by atomic mass is 16.5. The molecule has 0 bridgehead atoms. The normalized spacial score (nSPS) is 12.2. The number of carbonyl (C=O) groups is 2. The maximum absolute atomic E-state index is 12.3. The molecule has 0 unspecified atom stereocenters. The van der Waals surface area contributed by atoms with Gasteiger partial charge < -0.3 is 10.1 Å². The molecule has 3 aromatic rings. The molecule has 3 rings (SSSR count). The lowest BCUT2D eigenvalue weighted by atomic mass is 10.0. The zero-order valence-corrected chi connectivity index (χ0v) is 14.9. The number of carbonyl (C=O) groups excluding carboxylic acids is 2. The van der Waals surface area contributed by atoms with Crippen molar-refractivity contribution in [2.45, 2.75) is 32.8 Å². The van der Waals surface area contributed by atoms with E-state index in [1.54, 1.807) is 6.07 Å². The van der Waals surface area contributed by atoms with E-state index >= 15 is 0 Å². The zero-order chi connectivity index (χ0) is 18.7. The van der Waals surface area contributed by atoms with Gasteiger partial charge in [-0.1, -0.05) is 44.2 Å². The van der Waals surface area contributed by atoms with Crippen LogP contribution in [0.4, 0.5) is 5.69 Å². The van der Waals surface area contributed by atoms with Crippen LogP contribution in [0.25, 0.3) is 10.9 Å². The molecule has 0 saturated heterocycles. The number of aromatic amines is 1. The molecule has 0 spiro atoms. The number of ether oxygens (including phenoxy) is 1. The van der Waals surface area contributed by atoms with E-state index in [4.69, 9.17) is 4.74 Å². The molecule has 6 nitrogen and oxygen atoms in total. The minimum atomic E-state index is -0.942. The number of anilines is 1. The summed E-state index contributed by atoms with van der Waals surface area (Å²) in [4.78, 5) is 24.6. The van der Waals surface area contributed by atoms with E-state index in [1.165, 1.54) is 12.5 Å². The number of esters is 1. The number of fused-ring (bicyclic) bond motifs is 1. The first-order valence-corrected chi connectivity index (χ1v) is 8.50. The second kappa shape index (κ2) is 7.39. The van der Waals surface area contributed by atoms with Crippen LogP contribution in [-0.4, -0.2) is 28.2 Å². The predicted molar refractivity (Wildman–Crippen MR) is 100 cm³/mol. The van der Waals surface area contributed by atoms with Crippen molar-refractivity contribution in [3.05, 3.63) is 59.8 Å². The molecule has 0 aliphatic rings. The lowest BCUT2D eigenvalue weighted by Gasteiger charge is -2.13. The van der Waals surface area contributed by atoms with Crippen molar-refractivity contribution in [3.8, 4) is 0 Å². The van der Waals surface area contributed by atoms with Gasteiger partial charge in [0.2, 0.25) is 0 Å². The summed E-state index contributed by atoms with van der Waals surface area (Å²) in [6.45, 7) is 5.74. The maximum atomic E-state index is 12.3. The number of amides is 1. The highest BCUT2D eigenvalue weighted by Crippen LogP contribution is 2.18. The minimum absolute atomic E-state index is 0.168. The van der Waals surface area contributed by atoms with Gasteiger partial charge in [-0.25, -0.2) is 4.79 Å². The second-order valence-corrected chi connectivity index (χ2v) is 6.43. The molecule has 0 fully saturated rings. The average molecular weight is 351 g/mol. The highest BCUT2D eigenvalue weighted by Gasteiger charge is 2.22. The van der Waals surface area contributed by atoms with Crippen LogP contribution in [0.5, 0.6) is 0 Å². The Morgan fingerprint density at radius 2 is 1.73 bits per heavy atom. The Balaban J connectivity index is 1.64. The number of rotatable bonds is 5. The number of benzene rings is 2. The Bertz CT molecular complexity index is 929. The van der Waals surface area contributed by atoms with Crippen molar-refractivity contribution < 1.29 is 14.3 Å². The SMILES string of the molecule is CC(C)c1ccc(NC(=O)[C@@H](C)OC(=O)c2n[nH]c3ccccc23)cc1. The molecule has 1 aromatic heterocycles. The number of nitrogens with one attached hydrogen (secondary N) is 2. The van der Waals surface area contributed by atoms with Gasteiger partial charge in [0.05, 0.1) is 5.52 Å². The summed E-state index contributed by atoms with van der Waals surface area (Å²) < 4.78 is 5.27. The van der Waals surface area contributed by atoms with Crippen LogP contribution in [0.15, 0.2) is 48.5 Å². The van der Waals surface area contributed by atoms with Gasteiger partial charge in [-0.05, 0) is 36.6 Å². The van der Waals surface area contributed by atoms with Crippen molar-refractivity contribution in [2.75, 3.05) is 5.32 Å². The largest absolute Gasteiger partial charge is 0.448 e. The van der Waals surface area contributed by atoms with E-state index in [-0.39, 0.29) is 5.69 Å². The molecular weight excluding hydrogens is 330 g/mol. The zero-order valence-electron chi connectivity index (χ0n) is 14.9. The fourth-order valence-electron chi connectivity index (χ4n) is 2.58. The smallest absolute Gasteiger partial charge is 0.360 e. The average Bonchev–Trinajstić information content (AvgIpc) is 3.06. The number of aromatic nitrogens is 2. The van der Waals surface area contributed by atoms with Gasteiger partial charge >= 0.3 is 5.97 Å². The lowest BCUT2D eigenvalue weighted by molar-refractivity contribution is -0.123. The van der Waals surface area contributed by atoms with Crippen molar-refractivity contribution >= 4 is 28.5 Å². The van der Waals surface area contributed by atoms with E-state index in [0.717, 1.165) is 5.52 Å². The molecule has 1 atom stereocenters. The number of nitrogens with zero attached hydrogens (tertiary/aromatic N) is 1. The molecule has 0 radical (unpaired) electrons. The Labute approximate surface area is 151 Å². The molecule has 0 aliphatic heterocycles. The van der Waals surface area contributed by atoms with Crippen LogP contribution < -0.4 is 5.32 Å². The first kappa shape index (κ1) is 17.7. The first-order chi connectivity index (χ1) is 12.5. The lowest BCUT2D eigenvalue weighted by Crippen LogP contribution is -2.30.